The maximum absolute atomic E-state index is 12.9. The molecule has 1 amide bonds. The molecule has 1 saturated heterocycles. The van der Waals surface area contributed by atoms with Crippen LogP contribution in [0.3, 0.4) is 0 Å². The highest BCUT2D eigenvalue weighted by Crippen LogP contribution is 2.24. The normalized spacial score (nSPS) is 15.1. The summed E-state index contributed by atoms with van der Waals surface area (Å²) in [7, 11) is 0. The molecule has 0 radical (unpaired) electrons. The minimum atomic E-state index is -0.0961. The van der Waals surface area contributed by atoms with Gasteiger partial charge in [0, 0.05) is 42.6 Å². The van der Waals surface area contributed by atoms with Gasteiger partial charge < -0.3 is 15.5 Å². The van der Waals surface area contributed by atoms with Gasteiger partial charge in [-0.3, -0.25) is 9.59 Å². The fourth-order valence-electron chi connectivity index (χ4n) is 4.65. The second-order valence-corrected chi connectivity index (χ2v) is 9.63. The third-order valence-corrected chi connectivity index (χ3v) is 6.76. The molecule has 1 fully saturated rings. The molecule has 3 aromatic carbocycles. The predicted molar refractivity (Wildman–Crippen MR) is 150 cm³/mol. The summed E-state index contributed by atoms with van der Waals surface area (Å²) >= 11 is 0. The molecule has 1 aliphatic heterocycles. The smallest absolute Gasteiger partial charge is 0.229 e. The molecular formula is C31H31N5O2. The van der Waals surface area contributed by atoms with Crippen LogP contribution in [0.1, 0.15) is 39.9 Å². The fraction of sp³-hybridized carbons (Fsp3) is 0.226. The largest absolute Gasteiger partial charge is 0.356 e. The SMILES string of the molecule is Cc1ccc(CNC(=O)[C@H]2CCCN(c3ccnc(Nc4cccc(C(=O)c5ccccc5)c4)n3)C2)cc1. The highest BCUT2D eigenvalue weighted by Gasteiger charge is 2.26. The van der Waals surface area contributed by atoms with E-state index in [1.807, 2.05) is 60.7 Å². The highest BCUT2D eigenvalue weighted by atomic mass is 16.2. The number of benzene rings is 3. The van der Waals surface area contributed by atoms with E-state index in [9.17, 15) is 9.59 Å². The molecule has 5 rings (SSSR count). The molecule has 7 heteroatoms. The Hall–Kier alpha value is -4.52. The molecule has 0 aliphatic carbocycles. The van der Waals surface area contributed by atoms with Gasteiger partial charge in [-0.05, 0) is 43.5 Å². The van der Waals surface area contributed by atoms with Gasteiger partial charge in [0.25, 0.3) is 0 Å². The standard InChI is InChI=1S/C31H31N5O2/c1-22-12-14-23(15-13-22)20-33-30(38)26-10-6-18-36(21-26)28-16-17-32-31(35-28)34-27-11-5-9-25(19-27)29(37)24-7-3-2-4-8-24/h2-5,7-9,11-17,19,26H,6,10,18,20-21H2,1H3,(H,33,38)(H,32,34,35)/t26-/m0/s1. The Balaban J connectivity index is 1.22. The quantitative estimate of drug-likeness (QED) is 0.316. The number of carbonyl (C=O) groups is 2. The molecule has 4 aromatic rings. The van der Waals surface area contributed by atoms with Gasteiger partial charge in [-0.25, -0.2) is 4.98 Å². The van der Waals surface area contributed by atoms with Crippen LogP contribution in [0.5, 0.6) is 0 Å². The van der Waals surface area contributed by atoms with Gasteiger partial charge in [-0.2, -0.15) is 4.98 Å². The van der Waals surface area contributed by atoms with Crippen molar-refractivity contribution < 1.29 is 9.59 Å². The molecule has 2 heterocycles. The lowest BCUT2D eigenvalue weighted by atomic mass is 9.97. The number of nitrogens with one attached hydrogen (secondary N) is 2. The van der Waals surface area contributed by atoms with Gasteiger partial charge in [-0.15, -0.1) is 0 Å². The molecular weight excluding hydrogens is 474 g/mol. The summed E-state index contributed by atoms with van der Waals surface area (Å²) in [5.41, 5.74) is 4.27. The van der Waals surface area contributed by atoms with Crippen LogP contribution in [0, 0.1) is 12.8 Å². The van der Waals surface area contributed by atoms with Gasteiger partial charge in [-0.1, -0.05) is 72.3 Å². The zero-order chi connectivity index (χ0) is 26.3. The molecule has 0 spiro atoms. The van der Waals surface area contributed by atoms with Gasteiger partial charge in [0.1, 0.15) is 5.82 Å². The molecule has 0 saturated carbocycles. The molecule has 2 N–H and O–H groups in total. The number of piperidine rings is 1. The van der Waals surface area contributed by atoms with Crippen LogP contribution in [0.2, 0.25) is 0 Å². The number of hydrogen-bond acceptors (Lipinski definition) is 6. The van der Waals surface area contributed by atoms with E-state index in [0.717, 1.165) is 36.5 Å². The Bertz CT molecular complexity index is 1410. The zero-order valence-electron chi connectivity index (χ0n) is 21.4. The Kier molecular flexibility index (Phi) is 7.73. The van der Waals surface area contributed by atoms with Crippen molar-refractivity contribution in [3.8, 4) is 0 Å². The maximum Gasteiger partial charge on any atom is 0.229 e. The third kappa shape index (κ3) is 6.24. The first-order valence-corrected chi connectivity index (χ1v) is 12.9. The van der Waals surface area contributed by atoms with E-state index in [1.165, 1.54) is 5.56 Å². The van der Waals surface area contributed by atoms with Crippen LogP contribution in [0.25, 0.3) is 0 Å². The van der Waals surface area contributed by atoms with Crippen molar-refractivity contribution in [3.05, 3.63) is 113 Å². The fourth-order valence-corrected chi connectivity index (χ4v) is 4.65. The summed E-state index contributed by atoms with van der Waals surface area (Å²) in [6.45, 7) is 4.02. The Morgan fingerprint density at radius 2 is 1.74 bits per heavy atom. The minimum Gasteiger partial charge on any atom is -0.356 e. The summed E-state index contributed by atoms with van der Waals surface area (Å²) < 4.78 is 0. The number of aryl methyl sites for hydroxylation is 1. The summed E-state index contributed by atoms with van der Waals surface area (Å²) in [5.74, 6) is 1.15. The third-order valence-electron chi connectivity index (χ3n) is 6.76. The number of rotatable bonds is 8. The van der Waals surface area contributed by atoms with E-state index in [2.05, 4.69) is 39.6 Å². The van der Waals surface area contributed by atoms with Crippen molar-refractivity contribution in [3.63, 3.8) is 0 Å². The predicted octanol–water partition coefficient (Wildman–Crippen LogP) is 5.29. The van der Waals surface area contributed by atoms with E-state index in [4.69, 9.17) is 4.98 Å². The van der Waals surface area contributed by atoms with E-state index < -0.39 is 0 Å². The Labute approximate surface area is 223 Å². The van der Waals surface area contributed by atoms with Crippen molar-refractivity contribution in [2.75, 3.05) is 23.3 Å². The van der Waals surface area contributed by atoms with E-state index >= 15 is 0 Å². The Morgan fingerprint density at radius 3 is 2.55 bits per heavy atom. The molecule has 0 bridgehead atoms. The lowest BCUT2D eigenvalue weighted by Gasteiger charge is -2.33. The van der Waals surface area contributed by atoms with Gasteiger partial charge >= 0.3 is 0 Å². The van der Waals surface area contributed by atoms with Crippen molar-refractivity contribution in [1.29, 1.82) is 0 Å². The monoisotopic (exact) mass is 505 g/mol. The molecule has 7 nitrogen and oxygen atoms in total. The van der Waals surface area contributed by atoms with Gasteiger partial charge in [0.2, 0.25) is 11.9 Å². The van der Waals surface area contributed by atoms with Gasteiger partial charge in [0.15, 0.2) is 5.78 Å². The average Bonchev–Trinajstić information content (AvgIpc) is 2.97. The average molecular weight is 506 g/mol. The van der Waals surface area contributed by atoms with Crippen molar-refractivity contribution in [2.24, 2.45) is 5.92 Å². The van der Waals surface area contributed by atoms with Crippen LogP contribution in [0.4, 0.5) is 17.5 Å². The first-order valence-electron chi connectivity index (χ1n) is 12.9. The van der Waals surface area contributed by atoms with Crippen molar-refractivity contribution in [1.82, 2.24) is 15.3 Å². The molecule has 1 aliphatic rings. The molecule has 0 unspecified atom stereocenters. The van der Waals surface area contributed by atoms with Crippen LogP contribution in [-0.2, 0) is 11.3 Å². The number of nitrogens with zero attached hydrogens (tertiary/aromatic N) is 3. The second kappa shape index (κ2) is 11.7. The zero-order valence-corrected chi connectivity index (χ0v) is 21.4. The van der Waals surface area contributed by atoms with Gasteiger partial charge in [0.05, 0.1) is 5.92 Å². The molecule has 1 atom stereocenters. The highest BCUT2D eigenvalue weighted by molar-refractivity contribution is 6.09. The van der Waals surface area contributed by atoms with Crippen LogP contribution >= 0.6 is 0 Å². The van der Waals surface area contributed by atoms with E-state index in [1.54, 1.807) is 18.3 Å². The number of ketones is 1. The lowest BCUT2D eigenvalue weighted by Crippen LogP contribution is -2.43. The summed E-state index contributed by atoms with van der Waals surface area (Å²) in [6, 6.07) is 26.6. The summed E-state index contributed by atoms with van der Waals surface area (Å²) in [6.07, 6.45) is 3.48. The van der Waals surface area contributed by atoms with Crippen LogP contribution in [-0.4, -0.2) is 34.7 Å². The maximum atomic E-state index is 12.9. The lowest BCUT2D eigenvalue weighted by molar-refractivity contribution is -0.125. The number of carbonyl (C=O) groups excluding carboxylic acids is 2. The number of hydrogen-bond donors (Lipinski definition) is 2. The van der Waals surface area contributed by atoms with E-state index in [0.29, 0.717) is 30.2 Å². The topological polar surface area (TPSA) is 87.2 Å². The van der Waals surface area contributed by atoms with Crippen molar-refractivity contribution in [2.45, 2.75) is 26.3 Å². The van der Waals surface area contributed by atoms with E-state index in [-0.39, 0.29) is 17.6 Å². The number of anilines is 3. The summed E-state index contributed by atoms with van der Waals surface area (Å²) in [5, 5.41) is 6.32. The van der Waals surface area contributed by atoms with Crippen LogP contribution in [0.15, 0.2) is 91.1 Å². The second-order valence-electron chi connectivity index (χ2n) is 9.63. The van der Waals surface area contributed by atoms with Crippen molar-refractivity contribution >= 4 is 29.1 Å². The Morgan fingerprint density at radius 1 is 0.947 bits per heavy atom. The number of aromatic nitrogens is 2. The molecule has 38 heavy (non-hydrogen) atoms. The first kappa shape index (κ1) is 25.1. The van der Waals surface area contributed by atoms with Crippen LogP contribution < -0.4 is 15.5 Å². The minimum absolute atomic E-state index is 0.0380. The first-order chi connectivity index (χ1) is 18.5. The summed E-state index contributed by atoms with van der Waals surface area (Å²) in [4.78, 5) is 37.0. The molecule has 192 valence electrons. The number of amides is 1. The molecule has 1 aromatic heterocycles.